The Morgan fingerprint density at radius 3 is 1.90 bits per heavy atom. The Labute approximate surface area is 122 Å². The fourth-order valence-electron chi connectivity index (χ4n) is 2.00. The molecule has 0 aliphatic carbocycles. The Morgan fingerprint density at radius 1 is 1.05 bits per heavy atom. The Hall–Kier alpha value is -2.44. The van der Waals surface area contributed by atoms with E-state index in [0.717, 1.165) is 0 Å². The molecule has 0 radical (unpaired) electrons. The summed E-state index contributed by atoms with van der Waals surface area (Å²) in [4.78, 5) is 22.0. The lowest BCUT2D eigenvalue weighted by molar-refractivity contribution is -0.140. The first kappa shape index (κ1) is 16.6. The molecule has 1 aromatic rings. The molecule has 0 saturated heterocycles. The third kappa shape index (κ3) is 4.01. The van der Waals surface area contributed by atoms with Crippen molar-refractivity contribution in [2.24, 2.45) is 0 Å². The number of hydrogen-bond acceptors (Lipinski definition) is 5. The highest BCUT2D eigenvalue weighted by Crippen LogP contribution is 2.40. The zero-order valence-electron chi connectivity index (χ0n) is 12.1. The van der Waals surface area contributed by atoms with Crippen molar-refractivity contribution in [3.8, 4) is 17.2 Å². The molecule has 21 heavy (non-hydrogen) atoms. The summed E-state index contributed by atoms with van der Waals surface area (Å²) in [5.74, 6) is -2.11. The van der Waals surface area contributed by atoms with Crippen LogP contribution in [0.3, 0.4) is 0 Å². The molecule has 1 aromatic carbocycles. The number of carboxylic acid groups (broad SMARTS) is 2. The summed E-state index contributed by atoms with van der Waals surface area (Å²) in [5.41, 5.74) is 0.401. The molecule has 1 rings (SSSR count). The van der Waals surface area contributed by atoms with Gasteiger partial charge in [0.2, 0.25) is 5.75 Å². The van der Waals surface area contributed by atoms with Crippen LogP contribution in [0.5, 0.6) is 17.2 Å². The van der Waals surface area contributed by atoms with Crippen LogP contribution in [0.15, 0.2) is 12.1 Å². The molecule has 116 valence electrons. The maximum Gasteiger partial charge on any atom is 0.310 e. The molecule has 1 atom stereocenters. The molecule has 0 amide bonds. The smallest absolute Gasteiger partial charge is 0.310 e. The van der Waals surface area contributed by atoms with Crippen LogP contribution in [0.2, 0.25) is 0 Å². The third-order valence-electron chi connectivity index (χ3n) is 3.03. The topological polar surface area (TPSA) is 102 Å². The van der Waals surface area contributed by atoms with Crippen LogP contribution in [-0.4, -0.2) is 43.5 Å². The van der Waals surface area contributed by atoms with Gasteiger partial charge in [0.15, 0.2) is 11.5 Å². The average Bonchev–Trinajstić information content (AvgIpc) is 2.45. The second-order valence-corrected chi connectivity index (χ2v) is 4.28. The van der Waals surface area contributed by atoms with Gasteiger partial charge in [-0.05, 0) is 24.1 Å². The first-order valence-corrected chi connectivity index (χ1v) is 6.19. The largest absolute Gasteiger partial charge is 0.493 e. The Bertz CT molecular complexity index is 499. The molecule has 0 heterocycles. The van der Waals surface area contributed by atoms with E-state index in [0.29, 0.717) is 22.8 Å². The number of hydrogen-bond donors (Lipinski definition) is 2. The molecule has 0 bridgehead atoms. The van der Waals surface area contributed by atoms with Crippen molar-refractivity contribution in [1.29, 1.82) is 0 Å². The Balaban J connectivity index is 3.25. The van der Waals surface area contributed by atoms with Crippen LogP contribution >= 0.6 is 0 Å². The van der Waals surface area contributed by atoms with Gasteiger partial charge in [-0.2, -0.15) is 0 Å². The van der Waals surface area contributed by atoms with Crippen LogP contribution in [0.1, 0.15) is 24.3 Å². The maximum atomic E-state index is 11.4. The number of ether oxygens (including phenoxy) is 3. The van der Waals surface area contributed by atoms with Crippen molar-refractivity contribution in [1.82, 2.24) is 0 Å². The standard InChI is InChI=1S/C14H18O7/c1-19-10-6-8(7-11(20-2)13(10)21-3)9(14(17)18)4-5-12(15)16/h6-7,9H,4-5H2,1-3H3,(H,15,16)(H,17,18). The SMILES string of the molecule is COc1cc(C(CCC(=O)O)C(=O)O)cc(OC)c1OC. The zero-order valence-corrected chi connectivity index (χ0v) is 12.1. The number of rotatable bonds is 8. The van der Waals surface area contributed by atoms with E-state index in [1.54, 1.807) is 0 Å². The molecule has 7 heteroatoms. The predicted octanol–water partition coefficient (Wildman–Crippen LogP) is 1.75. The summed E-state index contributed by atoms with van der Waals surface area (Å²) in [6, 6.07) is 3.03. The van der Waals surface area contributed by atoms with Crippen LogP contribution in [-0.2, 0) is 9.59 Å². The van der Waals surface area contributed by atoms with E-state index in [-0.39, 0.29) is 12.8 Å². The Kier molecular flexibility index (Phi) is 5.83. The fraction of sp³-hybridized carbons (Fsp3) is 0.429. The van der Waals surface area contributed by atoms with Gasteiger partial charge in [-0.15, -0.1) is 0 Å². The van der Waals surface area contributed by atoms with Crippen molar-refractivity contribution in [3.05, 3.63) is 17.7 Å². The van der Waals surface area contributed by atoms with Gasteiger partial charge in [0.1, 0.15) is 0 Å². The van der Waals surface area contributed by atoms with Gasteiger partial charge in [0, 0.05) is 6.42 Å². The fourth-order valence-corrected chi connectivity index (χ4v) is 2.00. The monoisotopic (exact) mass is 298 g/mol. The molecular formula is C14H18O7. The number of benzene rings is 1. The van der Waals surface area contributed by atoms with Crippen LogP contribution < -0.4 is 14.2 Å². The second kappa shape index (κ2) is 7.37. The maximum absolute atomic E-state index is 11.4. The first-order valence-electron chi connectivity index (χ1n) is 6.19. The summed E-state index contributed by atoms with van der Waals surface area (Å²) in [7, 11) is 4.29. The second-order valence-electron chi connectivity index (χ2n) is 4.28. The number of carboxylic acids is 2. The van der Waals surface area contributed by atoms with Gasteiger partial charge in [-0.1, -0.05) is 0 Å². The minimum absolute atomic E-state index is 0.0245. The van der Waals surface area contributed by atoms with E-state index in [1.165, 1.54) is 33.5 Å². The highest BCUT2D eigenvalue weighted by atomic mass is 16.5. The van der Waals surface area contributed by atoms with Crippen molar-refractivity contribution in [2.75, 3.05) is 21.3 Å². The molecule has 0 spiro atoms. The van der Waals surface area contributed by atoms with Gasteiger partial charge in [-0.25, -0.2) is 0 Å². The van der Waals surface area contributed by atoms with Gasteiger partial charge < -0.3 is 24.4 Å². The lowest BCUT2D eigenvalue weighted by Gasteiger charge is -2.17. The highest BCUT2D eigenvalue weighted by molar-refractivity contribution is 5.78. The summed E-state index contributed by atoms with van der Waals surface area (Å²) in [5, 5.41) is 18.0. The molecule has 2 N–H and O–H groups in total. The zero-order chi connectivity index (χ0) is 16.0. The first-order chi connectivity index (χ1) is 9.94. The Morgan fingerprint density at radius 2 is 1.57 bits per heavy atom. The molecule has 0 aliphatic heterocycles. The van der Waals surface area contributed by atoms with E-state index >= 15 is 0 Å². The lowest BCUT2D eigenvalue weighted by atomic mass is 9.93. The van der Waals surface area contributed by atoms with E-state index < -0.39 is 17.9 Å². The van der Waals surface area contributed by atoms with Crippen LogP contribution in [0.4, 0.5) is 0 Å². The summed E-state index contributed by atoms with van der Waals surface area (Å²) >= 11 is 0. The predicted molar refractivity (Wildman–Crippen MR) is 73.3 cm³/mol. The molecular weight excluding hydrogens is 280 g/mol. The van der Waals surface area contributed by atoms with Gasteiger partial charge in [-0.3, -0.25) is 9.59 Å². The third-order valence-corrected chi connectivity index (χ3v) is 3.03. The van der Waals surface area contributed by atoms with Gasteiger partial charge >= 0.3 is 11.9 Å². The van der Waals surface area contributed by atoms with Crippen molar-refractivity contribution < 1.29 is 34.0 Å². The summed E-state index contributed by atoms with van der Waals surface area (Å²) < 4.78 is 15.5. The molecule has 0 saturated carbocycles. The van der Waals surface area contributed by atoms with Crippen LogP contribution in [0.25, 0.3) is 0 Å². The molecule has 0 aliphatic rings. The summed E-state index contributed by atoms with van der Waals surface area (Å²) in [6.07, 6.45) is -0.267. The van der Waals surface area contributed by atoms with Crippen LogP contribution in [0, 0.1) is 0 Å². The number of aliphatic carboxylic acids is 2. The van der Waals surface area contributed by atoms with Crippen molar-refractivity contribution >= 4 is 11.9 Å². The van der Waals surface area contributed by atoms with Crippen molar-refractivity contribution in [3.63, 3.8) is 0 Å². The molecule has 0 aromatic heterocycles. The highest BCUT2D eigenvalue weighted by Gasteiger charge is 2.24. The number of carbonyl (C=O) groups is 2. The van der Waals surface area contributed by atoms with E-state index in [1.807, 2.05) is 0 Å². The minimum atomic E-state index is -1.11. The average molecular weight is 298 g/mol. The summed E-state index contributed by atoms with van der Waals surface area (Å²) in [6.45, 7) is 0. The lowest BCUT2D eigenvalue weighted by Crippen LogP contribution is -2.14. The molecule has 1 unspecified atom stereocenters. The van der Waals surface area contributed by atoms with E-state index in [4.69, 9.17) is 19.3 Å². The van der Waals surface area contributed by atoms with Crippen molar-refractivity contribution in [2.45, 2.75) is 18.8 Å². The van der Waals surface area contributed by atoms with E-state index in [9.17, 15) is 14.7 Å². The minimum Gasteiger partial charge on any atom is -0.493 e. The van der Waals surface area contributed by atoms with Gasteiger partial charge in [0.05, 0.1) is 27.2 Å². The van der Waals surface area contributed by atoms with Gasteiger partial charge in [0.25, 0.3) is 0 Å². The number of methoxy groups -OCH3 is 3. The molecule has 7 nitrogen and oxygen atoms in total. The normalized spacial score (nSPS) is 11.6. The van der Waals surface area contributed by atoms with E-state index in [2.05, 4.69) is 0 Å². The molecule has 0 fully saturated rings. The quantitative estimate of drug-likeness (QED) is 0.753.